The molecule has 0 amide bonds. The molecular formula is C14H22N4O4. The fraction of sp³-hybridized carbons (Fsp3) is 0.571. The Kier molecular flexibility index (Phi) is 4.97. The second kappa shape index (κ2) is 6.57. The van der Waals surface area contributed by atoms with Crippen LogP contribution >= 0.6 is 0 Å². The van der Waals surface area contributed by atoms with E-state index in [9.17, 15) is 10.2 Å². The Morgan fingerprint density at radius 3 is 2.95 bits per heavy atom. The summed E-state index contributed by atoms with van der Waals surface area (Å²) in [6.45, 7) is 2.98. The molecule has 0 aromatic carbocycles. The molecule has 0 aliphatic carbocycles. The van der Waals surface area contributed by atoms with Crippen LogP contribution in [0.2, 0.25) is 0 Å². The minimum atomic E-state index is -1.30. The number of nitrogens with two attached hydrogens (primary N) is 1. The number of aromatic amines is 1. The Bertz CT molecular complexity index is 549. The van der Waals surface area contributed by atoms with Crippen LogP contribution in [0.5, 0.6) is 0 Å². The van der Waals surface area contributed by atoms with Crippen LogP contribution in [0.3, 0.4) is 0 Å². The van der Waals surface area contributed by atoms with Gasteiger partial charge in [-0.2, -0.15) is 0 Å². The number of H-pyrrole nitrogens is 1. The number of aliphatic hydroxyl groups excluding tert-OH is 1. The minimum Gasteiger partial charge on any atom is -0.394 e. The van der Waals surface area contributed by atoms with E-state index in [-0.39, 0.29) is 18.5 Å². The first kappa shape index (κ1) is 16.6. The summed E-state index contributed by atoms with van der Waals surface area (Å²) in [5.74, 6) is -1.11. The first-order chi connectivity index (χ1) is 10.3. The molecule has 1 saturated heterocycles. The molecule has 1 aliphatic rings. The van der Waals surface area contributed by atoms with Crippen molar-refractivity contribution in [3.05, 3.63) is 23.5 Å². The minimum absolute atomic E-state index is 0.118. The van der Waals surface area contributed by atoms with Crippen molar-refractivity contribution in [3.8, 4) is 0 Å². The number of nitrogens with one attached hydrogen (secondary N) is 2. The summed E-state index contributed by atoms with van der Waals surface area (Å²) in [4.78, 5) is 6.77. The number of aliphatic hydroxyl groups is 2. The molecule has 8 nitrogen and oxygen atoms in total. The number of aromatic nitrogens is 1. The number of hydrogen-bond donors (Lipinski definition) is 5. The molecule has 0 radical (unpaired) electrons. The van der Waals surface area contributed by atoms with Gasteiger partial charge in [0.15, 0.2) is 5.79 Å². The zero-order valence-electron chi connectivity index (χ0n) is 12.6. The third kappa shape index (κ3) is 3.92. The van der Waals surface area contributed by atoms with Crippen molar-refractivity contribution in [1.82, 2.24) is 4.98 Å². The molecule has 2 rings (SSSR count). The van der Waals surface area contributed by atoms with Gasteiger partial charge in [0.05, 0.1) is 24.5 Å². The summed E-state index contributed by atoms with van der Waals surface area (Å²) < 4.78 is 11.4. The highest BCUT2D eigenvalue weighted by Crippen LogP contribution is 2.36. The maximum atomic E-state index is 9.85. The standard InChI is InChI=1S/C14H22N4O4/c1-14(2,20)22-11-5-8(6-19)21-12(11)9-3-4-10(18-9)13(16)17-7-15/h3-4,7-8,11-12,18-20H,5-6H2,1-2H3,(H3,15,16,17)/t8-,11?,12-/m0/s1. The van der Waals surface area contributed by atoms with E-state index in [1.165, 1.54) is 0 Å². The van der Waals surface area contributed by atoms with E-state index in [4.69, 9.17) is 20.6 Å². The molecule has 1 aromatic rings. The summed E-state index contributed by atoms with van der Waals surface area (Å²) in [6.07, 6.45) is 0.138. The average Bonchev–Trinajstić information content (AvgIpc) is 3.03. The molecule has 1 aliphatic heterocycles. The largest absolute Gasteiger partial charge is 0.394 e. The van der Waals surface area contributed by atoms with Gasteiger partial charge in [-0.3, -0.25) is 5.41 Å². The van der Waals surface area contributed by atoms with Crippen LogP contribution in [-0.4, -0.2) is 52.0 Å². The summed E-state index contributed by atoms with van der Waals surface area (Å²) in [5.41, 5.74) is 7.00. The highest BCUT2D eigenvalue weighted by Gasteiger charge is 2.40. The average molecular weight is 310 g/mol. The first-order valence-electron chi connectivity index (χ1n) is 7.02. The van der Waals surface area contributed by atoms with Crippen LogP contribution in [0.25, 0.3) is 0 Å². The highest BCUT2D eigenvalue weighted by atomic mass is 16.6. The number of amidine groups is 1. The van der Waals surface area contributed by atoms with Gasteiger partial charge in [0.25, 0.3) is 0 Å². The van der Waals surface area contributed by atoms with Crippen LogP contribution in [0.4, 0.5) is 0 Å². The van der Waals surface area contributed by atoms with Gasteiger partial charge in [-0.1, -0.05) is 0 Å². The second-order valence-electron chi connectivity index (χ2n) is 5.67. The Morgan fingerprint density at radius 1 is 1.64 bits per heavy atom. The Labute approximate surface area is 128 Å². The quantitative estimate of drug-likeness (QED) is 0.292. The summed E-state index contributed by atoms with van der Waals surface area (Å²) in [5, 5.41) is 26.1. The molecule has 0 spiro atoms. The van der Waals surface area contributed by atoms with E-state index >= 15 is 0 Å². The zero-order chi connectivity index (χ0) is 16.3. The van der Waals surface area contributed by atoms with Crippen LogP contribution < -0.4 is 5.73 Å². The third-order valence-corrected chi connectivity index (χ3v) is 3.31. The molecule has 2 heterocycles. The Hall–Kier alpha value is -1.74. The van der Waals surface area contributed by atoms with Gasteiger partial charge in [0.1, 0.15) is 18.3 Å². The normalized spacial score (nSPS) is 26.4. The van der Waals surface area contributed by atoms with Gasteiger partial charge in [0.2, 0.25) is 0 Å². The zero-order valence-corrected chi connectivity index (χ0v) is 12.6. The maximum absolute atomic E-state index is 9.85. The monoisotopic (exact) mass is 310 g/mol. The van der Waals surface area contributed by atoms with Gasteiger partial charge in [-0.05, 0) is 26.0 Å². The Morgan fingerprint density at radius 2 is 2.36 bits per heavy atom. The van der Waals surface area contributed by atoms with Crippen LogP contribution in [0.1, 0.15) is 37.8 Å². The fourth-order valence-electron chi connectivity index (χ4n) is 2.47. The van der Waals surface area contributed by atoms with Crippen molar-refractivity contribution < 1.29 is 19.7 Å². The molecule has 1 fully saturated rings. The van der Waals surface area contributed by atoms with Crippen LogP contribution in [-0.2, 0) is 9.47 Å². The van der Waals surface area contributed by atoms with Gasteiger partial charge >= 0.3 is 0 Å². The molecule has 3 atom stereocenters. The summed E-state index contributed by atoms with van der Waals surface area (Å²) >= 11 is 0. The van der Waals surface area contributed by atoms with E-state index in [0.29, 0.717) is 17.8 Å². The van der Waals surface area contributed by atoms with Crippen molar-refractivity contribution in [2.45, 2.75) is 44.4 Å². The number of ether oxygens (including phenoxy) is 2. The first-order valence-corrected chi connectivity index (χ1v) is 7.02. The van der Waals surface area contributed by atoms with Crippen molar-refractivity contribution >= 4 is 12.2 Å². The predicted octanol–water partition coefficient (Wildman–Crippen LogP) is 0.263. The fourth-order valence-corrected chi connectivity index (χ4v) is 2.47. The lowest BCUT2D eigenvalue weighted by molar-refractivity contribution is -0.215. The molecule has 0 bridgehead atoms. The lowest BCUT2D eigenvalue weighted by Gasteiger charge is -2.26. The summed E-state index contributed by atoms with van der Waals surface area (Å²) in [6, 6.07) is 3.52. The van der Waals surface area contributed by atoms with Gasteiger partial charge in [-0.25, -0.2) is 4.99 Å². The van der Waals surface area contributed by atoms with Crippen LogP contribution in [0, 0.1) is 5.41 Å². The van der Waals surface area contributed by atoms with Crippen molar-refractivity contribution in [2.24, 2.45) is 10.7 Å². The highest BCUT2D eigenvalue weighted by molar-refractivity contribution is 5.99. The maximum Gasteiger partial charge on any atom is 0.160 e. The van der Waals surface area contributed by atoms with Crippen LogP contribution in [0.15, 0.2) is 17.1 Å². The topological polar surface area (TPSA) is 137 Å². The lowest BCUT2D eigenvalue weighted by atomic mass is 10.1. The molecule has 122 valence electrons. The van der Waals surface area contributed by atoms with E-state index < -0.39 is 18.0 Å². The predicted molar refractivity (Wildman–Crippen MR) is 80.8 cm³/mol. The van der Waals surface area contributed by atoms with Gasteiger partial charge < -0.3 is 30.4 Å². The van der Waals surface area contributed by atoms with Crippen molar-refractivity contribution in [2.75, 3.05) is 6.61 Å². The SMILES string of the molecule is CC(C)(O)OC1C[C@@H](CO)O[C@H]1c1ccc(C(N)=NC=N)[nH]1. The van der Waals surface area contributed by atoms with E-state index in [1.54, 1.807) is 26.0 Å². The second-order valence-corrected chi connectivity index (χ2v) is 5.67. The number of hydrogen-bond acceptors (Lipinski definition) is 5. The van der Waals surface area contributed by atoms with E-state index in [2.05, 4.69) is 9.98 Å². The Balaban J connectivity index is 2.21. The third-order valence-electron chi connectivity index (χ3n) is 3.31. The smallest absolute Gasteiger partial charge is 0.160 e. The molecular weight excluding hydrogens is 288 g/mol. The summed E-state index contributed by atoms with van der Waals surface area (Å²) in [7, 11) is 0. The van der Waals surface area contributed by atoms with E-state index in [1.807, 2.05) is 0 Å². The number of aliphatic imine (C=N–C) groups is 1. The lowest BCUT2D eigenvalue weighted by Crippen LogP contribution is -2.32. The van der Waals surface area contributed by atoms with E-state index in [0.717, 1.165) is 6.34 Å². The van der Waals surface area contributed by atoms with Crippen molar-refractivity contribution in [1.29, 1.82) is 5.41 Å². The number of rotatable bonds is 6. The molecule has 0 saturated carbocycles. The number of nitrogens with zero attached hydrogens (tertiary/aromatic N) is 1. The molecule has 8 heteroatoms. The molecule has 1 aromatic heterocycles. The van der Waals surface area contributed by atoms with Gasteiger partial charge in [0, 0.05) is 12.1 Å². The van der Waals surface area contributed by atoms with Gasteiger partial charge in [-0.15, -0.1) is 0 Å². The molecule has 1 unspecified atom stereocenters. The molecule has 6 N–H and O–H groups in total. The molecule has 22 heavy (non-hydrogen) atoms. The van der Waals surface area contributed by atoms with Crippen molar-refractivity contribution in [3.63, 3.8) is 0 Å².